The number of hydrogen-bond acceptors (Lipinski definition) is 0. The van der Waals surface area contributed by atoms with Crippen LogP contribution in [0, 0.1) is 95.7 Å². The van der Waals surface area contributed by atoms with Gasteiger partial charge in [0.1, 0.15) is 0 Å². The molecule has 0 aromatic heterocycles. The standard InChI is InChI=1S/2C16H25.2ClH.Zr/c2*1-14(2)10-15(3,4)12-16(5,11-14)13-8-6-7-9-13;;;/h2*6-9H,10-12H2,1-5H3;2*1H;/q;;;;+4/p-2. The molecule has 0 aromatic rings. The van der Waals surface area contributed by atoms with Crippen molar-refractivity contribution in [3.63, 3.8) is 0 Å². The molecule has 4 aliphatic carbocycles. The first-order chi connectivity index (χ1) is 15.9. The first kappa shape index (κ1) is 32.7. The van der Waals surface area contributed by atoms with Crippen molar-refractivity contribution >= 4 is 17.0 Å². The summed E-state index contributed by atoms with van der Waals surface area (Å²) >= 11 is -0.826. The molecule has 0 spiro atoms. The van der Waals surface area contributed by atoms with Crippen LogP contribution in [-0.2, 0) is 20.8 Å². The van der Waals surface area contributed by atoms with E-state index >= 15 is 0 Å². The van der Waals surface area contributed by atoms with E-state index in [2.05, 4.69) is 121 Å². The van der Waals surface area contributed by atoms with Crippen LogP contribution >= 0.6 is 17.0 Å². The fourth-order valence-corrected chi connectivity index (χ4v) is 9.15. The third kappa shape index (κ3) is 9.86. The molecule has 10 radical (unpaired) electrons. The summed E-state index contributed by atoms with van der Waals surface area (Å²) in [5.41, 5.74) is 2.60. The van der Waals surface area contributed by atoms with Gasteiger partial charge >= 0.3 is 37.9 Å². The molecule has 4 saturated carbocycles. The van der Waals surface area contributed by atoms with E-state index < -0.39 is 20.8 Å². The maximum absolute atomic E-state index is 4.93. The van der Waals surface area contributed by atoms with Crippen LogP contribution in [0.3, 0.4) is 0 Å². The van der Waals surface area contributed by atoms with E-state index in [1.54, 1.807) is 0 Å². The first-order valence-electron chi connectivity index (χ1n) is 13.3. The Morgan fingerprint density at radius 3 is 0.857 bits per heavy atom. The van der Waals surface area contributed by atoms with Gasteiger partial charge in [-0.15, -0.1) is 0 Å². The summed E-state index contributed by atoms with van der Waals surface area (Å²) in [5, 5.41) is 0. The van der Waals surface area contributed by atoms with Crippen molar-refractivity contribution in [2.75, 3.05) is 0 Å². The van der Waals surface area contributed by atoms with Gasteiger partial charge in [-0.05, 0) is 134 Å². The molecule has 0 unspecified atom stereocenters. The third-order valence-corrected chi connectivity index (χ3v) is 8.11. The second-order valence-electron chi connectivity index (χ2n) is 15.3. The van der Waals surface area contributed by atoms with Crippen LogP contribution in [0.25, 0.3) is 0 Å². The van der Waals surface area contributed by atoms with Crippen LogP contribution in [0.4, 0.5) is 0 Å². The van der Waals surface area contributed by atoms with E-state index in [0.29, 0.717) is 32.5 Å². The van der Waals surface area contributed by atoms with Crippen molar-refractivity contribution in [3.05, 3.63) is 63.2 Å². The van der Waals surface area contributed by atoms with Gasteiger partial charge in [-0.25, -0.2) is 0 Å². The van der Waals surface area contributed by atoms with Crippen molar-refractivity contribution < 1.29 is 20.8 Å². The van der Waals surface area contributed by atoms with E-state index in [1.165, 1.54) is 50.4 Å². The Hall–Kier alpha value is 1.46. The van der Waals surface area contributed by atoms with Gasteiger partial charge in [-0.1, -0.05) is 69.2 Å². The zero-order valence-corrected chi connectivity index (χ0v) is 28.1. The molecule has 4 fully saturated rings. The van der Waals surface area contributed by atoms with E-state index in [4.69, 9.17) is 17.0 Å². The molecular weight excluding hydrogens is 546 g/mol. The molecule has 194 valence electrons. The third-order valence-electron chi connectivity index (χ3n) is 8.11. The first-order valence-corrected chi connectivity index (χ1v) is 19.6. The Bertz CT molecular complexity index is 562. The average molecular weight is 597 g/mol. The minimum absolute atomic E-state index is 0.370. The van der Waals surface area contributed by atoms with Gasteiger partial charge in [0.15, 0.2) is 0 Å². The Kier molecular flexibility index (Phi) is 11.5. The Morgan fingerprint density at radius 1 is 0.457 bits per heavy atom. The maximum atomic E-state index is 4.93. The predicted octanol–water partition coefficient (Wildman–Crippen LogP) is 10.6. The molecule has 4 rings (SSSR count). The summed E-state index contributed by atoms with van der Waals surface area (Å²) < 4.78 is 0. The topological polar surface area (TPSA) is 0 Å². The molecule has 0 N–H and O–H groups in total. The molecule has 0 atom stereocenters. The molecule has 0 amide bonds. The van der Waals surface area contributed by atoms with E-state index in [0.717, 1.165) is 0 Å². The van der Waals surface area contributed by atoms with Crippen LogP contribution in [-0.4, -0.2) is 0 Å². The molecule has 0 saturated heterocycles. The fraction of sp³-hybridized carbons (Fsp3) is 0.688. The van der Waals surface area contributed by atoms with Crippen LogP contribution in [0.2, 0.25) is 0 Å². The van der Waals surface area contributed by atoms with Gasteiger partial charge in [0.05, 0.1) is 0 Å². The summed E-state index contributed by atoms with van der Waals surface area (Å²) in [7, 11) is 9.87. The zero-order chi connectivity index (χ0) is 26.8. The van der Waals surface area contributed by atoms with Crippen LogP contribution in [0.5, 0.6) is 0 Å². The molecule has 0 nitrogen and oxygen atoms in total. The molecular formula is C32H50Cl2Zr+2. The van der Waals surface area contributed by atoms with Crippen LogP contribution in [0.1, 0.15) is 108 Å². The van der Waals surface area contributed by atoms with Crippen molar-refractivity contribution in [2.24, 2.45) is 32.5 Å². The Morgan fingerprint density at radius 2 is 0.657 bits per heavy atom. The van der Waals surface area contributed by atoms with Crippen molar-refractivity contribution in [3.8, 4) is 0 Å². The minimum atomic E-state index is -0.826. The molecule has 0 aromatic carbocycles. The zero-order valence-electron chi connectivity index (χ0n) is 24.1. The van der Waals surface area contributed by atoms with Crippen molar-refractivity contribution in [1.29, 1.82) is 0 Å². The molecule has 3 heteroatoms. The average Bonchev–Trinajstić information content (AvgIpc) is 3.32. The summed E-state index contributed by atoms with van der Waals surface area (Å²) in [6.07, 6.45) is 25.9. The number of hydrogen-bond donors (Lipinski definition) is 0. The molecule has 0 bridgehead atoms. The van der Waals surface area contributed by atoms with E-state index in [9.17, 15) is 0 Å². The quantitative estimate of drug-likeness (QED) is 0.297. The number of rotatable bonds is 2. The predicted molar refractivity (Wildman–Crippen MR) is 152 cm³/mol. The van der Waals surface area contributed by atoms with E-state index in [1.807, 2.05) is 0 Å². The summed E-state index contributed by atoms with van der Waals surface area (Å²) in [5.74, 6) is 3.07. The Labute approximate surface area is 239 Å². The van der Waals surface area contributed by atoms with Gasteiger partial charge in [0, 0.05) is 0 Å². The molecule has 35 heavy (non-hydrogen) atoms. The molecule has 0 aliphatic heterocycles. The monoisotopic (exact) mass is 594 g/mol. The normalized spacial score (nSPS) is 30.3. The summed E-state index contributed by atoms with van der Waals surface area (Å²) in [4.78, 5) is 0. The van der Waals surface area contributed by atoms with Crippen molar-refractivity contribution in [2.45, 2.75) is 108 Å². The van der Waals surface area contributed by atoms with Crippen LogP contribution in [0.15, 0.2) is 0 Å². The van der Waals surface area contributed by atoms with Gasteiger partial charge < -0.3 is 0 Å². The number of halogens is 2. The second kappa shape index (κ2) is 12.3. The van der Waals surface area contributed by atoms with Gasteiger partial charge in [-0.2, -0.15) is 0 Å². The second-order valence-corrected chi connectivity index (χ2v) is 19.0. The summed E-state index contributed by atoms with van der Waals surface area (Å²) in [6.45, 7) is 24.3. The molecule has 0 heterocycles. The van der Waals surface area contributed by atoms with Gasteiger partial charge in [0.2, 0.25) is 0 Å². The van der Waals surface area contributed by atoms with Gasteiger partial charge in [-0.3, -0.25) is 0 Å². The van der Waals surface area contributed by atoms with Gasteiger partial charge in [0.25, 0.3) is 0 Å². The SMILES string of the molecule is CC1(C)CC(C)(C)CC(C)([C]2[CH][CH][CH][CH]2)C1.CC1(C)CC(C)(C)CC(C)([C]2[CH][CH][CH][CH]2)C1.[Cl][Zr+2][Cl]. The van der Waals surface area contributed by atoms with Crippen LogP contribution < -0.4 is 0 Å². The van der Waals surface area contributed by atoms with E-state index in [-0.39, 0.29) is 0 Å². The van der Waals surface area contributed by atoms with Crippen molar-refractivity contribution in [1.82, 2.24) is 0 Å². The molecule has 4 aliphatic rings. The fourth-order valence-electron chi connectivity index (χ4n) is 9.15. The summed E-state index contributed by atoms with van der Waals surface area (Å²) in [6, 6.07) is 0. The Balaban J connectivity index is 0.000000222.